The van der Waals surface area contributed by atoms with Crippen molar-refractivity contribution in [2.24, 2.45) is 0 Å². The van der Waals surface area contributed by atoms with Crippen LogP contribution in [-0.2, 0) is 22.7 Å². The van der Waals surface area contributed by atoms with Gasteiger partial charge in [-0.1, -0.05) is 0 Å². The molecule has 1 aromatic heterocycles. The summed E-state index contributed by atoms with van der Waals surface area (Å²) in [5.41, 5.74) is 2.57. The fourth-order valence-corrected chi connectivity index (χ4v) is 1.40. The molecule has 0 fully saturated rings. The summed E-state index contributed by atoms with van der Waals surface area (Å²) >= 11 is 4.84. The van der Waals surface area contributed by atoms with E-state index in [0.29, 0.717) is 24.9 Å². The topological polar surface area (TPSA) is 58.9 Å². The molecule has 0 aliphatic carbocycles. The van der Waals surface area contributed by atoms with Crippen molar-refractivity contribution in [3.8, 4) is 0 Å². The van der Waals surface area contributed by atoms with E-state index in [-0.39, 0.29) is 0 Å². The summed E-state index contributed by atoms with van der Waals surface area (Å²) in [4.78, 5) is 7.12. The van der Waals surface area contributed by atoms with Gasteiger partial charge in [0.2, 0.25) is 0 Å². The Balaban J connectivity index is 2.09. The maximum atomic E-state index is 5.60. The zero-order valence-electron chi connectivity index (χ0n) is 11.6. The van der Waals surface area contributed by atoms with E-state index in [9.17, 15) is 0 Å². The molecule has 0 aliphatic heterocycles. The van der Waals surface area contributed by atoms with Gasteiger partial charge in [0.25, 0.3) is 0 Å². The summed E-state index contributed by atoms with van der Waals surface area (Å²) in [5.74, 6) is 1.75. The van der Waals surface area contributed by atoms with Gasteiger partial charge in [-0.3, -0.25) is 4.84 Å². The van der Waals surface area contributed by atoms with Crippen molar-refractivity contribution >= 4 is 17.3 Å². The second-order valence-electron chi connectivity index (χ2n) is 4.19. The van der Waals surface area contributed by atoms with Gasteiger partial charge < -0.3 is 19.4 Å². The summed E-state index contributed by atoms with van der Waals surface area (Å²) < 4.78 is 11.0. The standard InChI is InChI=1S/C12H21N3O3S/c1-13-12(19)14-17-7-6-16-9-11-5-4-10(18-11)8-15(2)3/h4-5H,6-9H2,1-3H3,(H2,13,14,19). The predicted molar refractivity (Wildman–Crippen MR) is 76.5 cm³/mol. The molecule has 0 unspecified atom stereocenters. The minimum Gasteiger partial charge on any atom is -0.462 e. The van der Waals surface area contributed by atoms with E-state index < -0.39 is 0 Å². The lowest BCUT2D eigenvalue weighted by Gasteiger charge is -2.07. The molecule has 0 bridgehead atoms. The fraction of sp³-hybridized carbons (Fsp3) is 0.583. The highest BCUT2D eigenvalue weighted by atomic mass is 32.1. The molecule has 0 aliphatic rings. The third kappa shape index (κ3) is 7.12. The van der Waals surface area contributed by atoms with Crippen LogP contribution in [0.2, 0.25) is 0 Å². The normalized spacial score (nSPS) is 10.7. The lowest BCUT2D eigenvalue weighted by Crippen LogP contribution is -2.33. The first-order valence-corrected chi connectivity index (χ1v) is 6.42. The second kappa shape index (κ2) is 8.87. The van der Waals surface area contributed by atoms with Gasteiger partial charge in [0.1, 0.15) is 18.1 Å². The molecule has 0 saturated heterocycles. The van der Waals surface area contributed by atoms with Crippen molar-refractivity contribution in [2.45, 2.75) is 13.2 Å². The van der Waals surface area contributed by atoms with Crippen molar-refractivity contribution in [1.29, 1.82) is 0 Å². The first-order valence-electron chi connectivity index (χ1n) is 6.01. The van der Waals surface area contributed by atoms with Crippen LogP contribution in [0.5, 0.6) is 0 Å². The SMILES string of the molecule is CNC(=S)NOCCOCc1ccc(CN(C)C)o1. The van der Waals surface area contributed by atoms with Crippen molar-refractivity contribution < 1.29 is 14.0 Å². The van der Waals surface area contributed by atoms with Crippen LogP contribution in [-0.4, -0.2) is 44.4 Å². The van der Waals surface area contributed by atoms with E-state index in [0.717, 1.165) is 18.1 Å². The van der Waals surface area contributed by atoms with Gasteiger partial charge in [-0.05, 0) is 38.4 Å². The maximum absolute atomic E-state index is 5.60. The molecule has 1 heterocycles. The van der Waals surface area contributed by atoms with Crippen LogP contribution in [0.4, 0.5) is 0 Å². The molecule has 0 saturated carbocycles. The van der Waals surface area contributed by atoms with Crippen molar-refractivity contribution in [1.82, 2.24) is 15.7 Å². The number of hydrogen-bond donors (Lipinski definition) is 2. The Morgan fingerprint density at radius 2 is 2.05 bits per heavy atom. The average molecular weight is 287 g/mol. The Bertz CT molecular complexity index is 382. The number of hydrogen-bond acceptors (Lipinski definition) is 5. The van der Waals surface area contributed by atoms with Crippen LogP contribution < -0.4 is 10.8 Å². The number of hydroxylamine groups is 1. The summed E-state index contributed by atoms with van der Waals surface area (Å²) in [7, 11) is 5.72. The third-order valence-corrected chi connectivity index (χ3v) is 2.44. The minimum atomic E-state index is 0.410. The second-order valence-corrected chi connectivity index (χ2v) is 4.60. The molecule has 108 valence electrons. The molecule has 0 atom stereocenters. The van der Waals surface area contributed by atoms with Crippen LogP contribution in [0.15, 0.2) is 16.5 Å². The highest BCUT2D eigenvalue weighted by Crippen LogP contribution is 2.10. The average Bonchev–Trinajstić information content (AvgIpc) is 2.79. The molecule has 7 heteroatoms. The molecular formula is C12H21N3O3S. The Morgan fingerprint density at radius 1 is 1.32 bits per heavy atom. The Kier molecular flexibility index (Phi) is 7.42. The molecule has 0 spiro atoms. The van der Waals surface area contributed by atoms with Gasteiger partial charge in [-0.2, -0.15) is 0 Å². The smallest absolute Gasteiger partial charge is 0.190 e. The molecule has 2 N–H and O–H groups in total. The fourth-order valence-electron chi connectivity index (χ4n) is 1.34. The number of rotatable bonds is 8. The number of nitrogens with one attached hydrogen (secondary N) is 2. The molecule has 1 rings (SSSR count). The summed E-state index contributed by atoms with van der Waals surface area (Å²) in [6.07, 6.45) is 0. The monoisotopic (exact) mass is 287 g/mol. The molecule has 0 aromatic carbocycles. The summed E-state index contributed by atoms with van der Waals surface area (Å²) in [5, 5.41) is 3.18. The lowest BCUT2D eigenvalue weighted by atomic mass is 10.4. The van der Waals surface area contributed by atoms with E-state index in [4.69, 9.17) is 26.2 Å². The minimum absolute atomic E-state index is 0.410. The van der Waals surface area contributed by atoms with Gasteiger partial charge in [0.05, 0.1) is 19.8 Å². The van der Waals surface area contributed by atoms with Crippen LogP contribution in [0.25, 0.3) is 0 Å². The van der Waals surface area contributed by atoms with Crippen molar-refractivity contribution in [3.05, 3.63) is 23.7 Å². The first-order chi connectivity index (χ1) is 9.11. The highest BCUT2D eigenvalue weighted by Gasteiger charge is 2.03. The highest BCUT2D eigenvalue weighted by molar-refractivity contribution is 7.80. The molecular weight excluding hydrogens is 266 g/mol. The lowest BCUT2D eigenvalue weighted by molar-refractivity contribution is 0.0114. The van der Waals surface area contributed by atoms with Gasteiger partial charge >= 0.3 is 0 Å². The van der Waals surface area contributed by atoms with E-state index in [1.54, 1.807) is 7.05 Å². The third-order valence-electron chi connectivity index (χ3n) is 2.16. The molecule has 1 aromatic rings. The maximum Gasteiger partial charge on any atom is 0.190 e. The van der Waals surface area contributed by atoms with Crippen molar-refractivity contribution in [3.63, 3.8) is 0 Å². The Hall–Kier alpha value is -1.15. The Labute approximate surface area is 119 Å². The largest absolute Gasteiger partial charge is 0.462 e. The van der Waals surface area contributed by atoms with Crippen LogP contribution in [0.3, 0.4) is 0 Å². The molecule has 0 radical (unpaired) electrons. The quantitative estimate of drug-likeness (QED) is 0.418. The zero-order chi connectivity index (χ0) is 14.1. The molecule has 0 amide bonds. The predicted octanol–water partition coefficient (Wildman–Crippen LogP) is 0.883. The van der Waals surface area contributed by atoms with E-state index in [2.05, 4.69) is 10.8 Å². The van der Waals surface area contributed by atoms with E-state index in [1.807, 2.05) is 31.1 Å². The Morgan fingerprint density at radius 3 is 2.74 bits per heavy atom. The molecule has 19 heavy (non-hydrogen) atoms. The van der Waals surface area contributed by atoms with Crippen molar-refractivity contribution in [2.75, 3.05) is 34.4 Å². The summed E-state index contributed by atoms with van der Waals surface area (Å²) in [6, 6.07) is 3.89. The number of nitrogens with zero attached hydrogens (tertiary/aromatic N) is 1. The van der Waals surface area contributed by atoms with Crippen LogP contribution in [0, 0.1) is 0 Å². The van der Waals surface area contributed by atoms with E-state index in [1.165, 1.54) is 0 Å². The van der Waals surface area contributed by atoms with Crippen LogP contribution in [0.1, 0.15) is 11.5 Å². The van der Waals surface area contributed by atoms with Gasteiger partial charge in [0.15, 0.2) is 5.11 Å². The number of furan rings is 1. The van der Waals surface area contributed by atoms with E-state index >= 15 is 0 Å². The zero-order valence-corrected chi connectivity index (χ0v) is 12.4. The number of ether oxygens (including phenoxy) is 1. The van der Waals surface area contributed by atoms with Gasteiger partial charge in [-0.25, -0.2) is 5.48 Å². The van der Waals surface area contributed by atoms with Gasteiger partial charge in [0, 0.05) is 7.05 Å². The van der Waals surface area contributed by atoms with Crippen LogP contribution >= 0.6 is 12.2 Å². The molecule has 6 nitrogen and oxygen atoms in total. The summed E-state index contributed by atoms with van der Waals surface area (Å²) in [6.45, 7) is 2.10. The van der Waals surface area contributed by atoms with Gasteiger partial charge in [-0.15, -0.1) is 0 Å². The number of thiocarbonyl (C=S) groups is 1. The first kappa shape index (κ1) is 15.9.